The van der Waals surface area contributed by atoms with E-state index < -0.39 is 11.7 Å². The van der Waals surface area contributed by atoms with Gasteiger partial charge >= 0.3 is 0 Å². The topological polar surface area (TPSA) is 43.9 Å². The number of likely N-dealkylation sites (N-methyl/N-ethyl adjacent to an activating group) is 1. The Morgan fingerprint density at radius 3 is 2.23 bits per heavy atom. The Morgan fingerprint density at radius 2 is 1.60 bits per heavy atom. The van der Waals surface area contributed by atoms with Gasteiger partial charge in [-0.3, -0.25) is 14.5 Å². The molecular formula is C23H23ClFN3O2. The van der Waals surface area contributed by atoms with Gasteiger partial charge in [0.2, 0.25) is 0 Å². The molecule has 0 saturated carbocycles. The zero-order valence-corrected chi connectivity index (χ0v) is 17.5. The Kier molecular flexibility index (Phi) is 5.88. The number of halogens is 2. The van der Waals surface area contributed by atoms with Crippen LogP contribution in [0, 0.1) is 5.82 Å². The first-order chi connectivity index (χ1) is 14.5. The molecule has 5 nitrogen and oxygen atoms in total. The van der Waals surface area contributed by atoms with Crippen LogP contribution in [-0.2, 0) is 16.1 Å². The largest absolute Gasteiger partial charge is 0.364 e. The van der Waals surface area contributed by atoms with Crippen LogP contribution in [0.3, 0.4) is 0 Å². The van der Waals surface area contributed by atoms with Crippen molar-refractivity contribution < 1.29 is 14.0 Å². The van der Waals surface area contributed by atoms with E-state index in [1.165, 1.54) is 6.07 Å². The molecule has 2 aliphatic rings. The number of amides is 2. The van der Waals surface area contributed by atoms with E-state index in [0.29, 0.717) is 40.5 Å². The average molecular weight is 428 g/mol. The number of imide groups is 1. The SMILES string of the molecule is CCN1CCN(C2=C(c3ccc(Cl)cc3)C(=O)N(Cc3ccccc3F)C2=O)CC1. The number of carbonyl (C=O) groups excluding carboxylic acids is 2. The number of hydrogen-bond acceptors (Lipinski definition) is 4. The third kappa shape index (κ3) is 3.85. The lowest BCUT2D eigenvalue weighted by Crippen LogP contribution is -2.47. The monoisotopic (exact) mass is 427 g/mol. The van der Waals surface area contributed by atoms with Gasteiger partial charge in [-0.15, -0.1) is 0 Å². The summed E-state index contributed by atoms with van der Waals surface area (Å²) in [7, 11) is 0. The van der Waals surface area contributed by atoms with Crippen LogP contribution in [0.1, 0.15) is 18.1 Å². The van der Waals surface area contributed by atoms with Crippen LogP contribution >= 0.6 is 11.6 Å². The van der Waals surface area contributed by atoms with Crippen molar-refractivity contribution >= 4 is 29.0 Å². The molecule has 1 saturated heterocycles. The summed E-state index contributed by atoms with van der Waals surface area (Å²) in [5, 5.41) is 0.553. The van der Waals surface area contributed by atoms with E-state index in [4.69, 9.17) is 11.6 Å². The van der Waals surface area contributed by atoms with Crippen molar-refractivity contribution in [2.45, 2.75) is 13.5 Å². The first-order valence-corrected chi connectivity index (χ1v) is 10.4. The molecule has 0 N–H and O–H groups in total. The van der Waals surface area contributed by atoms with Crippen LogP contribution in [0.15, 0.2) is 54.2 Å². The van der Waals surface area contributed by atoms with Gasteiger partial charge in [-0.1, -0.05) is 48.9 Å². The van der Waals surface area contributed by atoms with Gasteiger partial charge in [-0.05, 0) is 30.3 Å². The Balaban J connectivity index is 1.71. The molecule has 0 spiro atoms. The molecule has 0 aliphatic carbocycles. The summed E-state index contributed by atoms with van der Waals surface area (Å²) < 4.78 is 14.2. The molecule has 7 heteroatoms. The van der Waals surface area contributed by atoms with Crippen molar-refractivity contribution in [3.05, 3.63) is 76.2 Å². The van der Waals surface area contributed by atoms with Crippen LogP contribution in [0.4, 0.5) is 4.39 Å². The van der Waals surface area contributed by atoms with E-state index in [0.717, 1.165) is 24.5 Å². The molecule has 2 aliphatic heterocycles. The Labute approximate surface area is 180 Å². The van der Waals surface area contributed by atoms with E-state index in [1.807, 2.05) is 4.90 Å². The Bertz CT molecular complexity index is 998. The molecule has 0 bridgehead atoms. The van der Waals surface area contributed by atoms with E-state index in [9.17, 15) is 14.0 Å². The summed E-state index contributed by atoms with van der Waals surface area (Å²) in [6.45, 7) is 5.92. The van der Waals surface area contributed by atoms with Crippen LogP contribution in [-0.4, -0.2) is 59.2 Å². The van der Waals surface area contributed by atoms with Gasteiger partial charge in [0.15, 0.2) is 0 Å². The maximum atomic E-state index is 14.2. The van der Waals surface area contributed by atoms with Gasteiger partial charge in [-0.2, -0.15) is 0 Å². The van der Waals surface area contributed by atoms with Gasteiger partial charge < -0.3 is 9.80 Å². The normalized spacial score (nSPS) is 18.0. The summed E-state index contributed by atoms with van der Waals surface area (Å²) in [5.74, 6) is -1.21. The van der Waals surface area contributed by atoms with Crippen molar-refractivity contribution in [3.8, 4) is 0 Å². The van der Waals surface area contributed by atoms with Crippen LogP contribution in [0.2, 0.25) is 5.02 Å². The van der Waals surface area contributed by atoms with Gasteiger partial charge in [0.25, 0.3) is 11.8 Å². The number of piperazine rings is 1. The lowest BCUT2D eigenvalue weighted by molar-refractivity contribution is -0.138. The minimum Gasteiger partial charge on any atom is -0.364 e. The number of nitrogens with zero attached hydrogens (tertiary/aromatic N) is 3. The van der Waals surface area contributed by atoms with E-state index >= 15 is 0 Å². The van der Waals surface area contributed by atoms with Gasteiger partial charge in [0.05, 0.1) is 12.1 Å². The third-order valence-electron chi connectivity index (χ3n) is 5.70. The van der Waals surface area contributed by atoms with Crippen molar-refractivity contribution in [2.24, 2.45) is 0 Å². The highest BCUT2D eigenvalue weighted by molar-refractivity contribution is 6.35. The molecule has 2 aromatic carbocycles. The van der Waals surface area contributed by atoms with E-state index in [2.05, 4.69) is 11.8 Å². The molecule has 0 unspecified atom stereocenters. The lowest BCUT2D eigenvalue weighted by atomic mass is 10.0. The zero-order chi connectivity index (χ0) is 21.3. The van der Waals surface area contributed by atoms with Crippen molar-refractivity contribution in [2.75, 3.05) is 32.7 Å². The molecule has 0 aromatic heterocycles. The first-order valence-electron chi connectivity index (χ1n) is 10.1. The molecule has 30 heavy (non-hydrogen) atoms. The molecule has 4 rings (SSSR count). The van der Waals surface area contributed by atoms with Gasteiger partial charge in [0.1, 0.15) is 11.5 Å². The van der Waals surface area contributed by atoms with Gasteiger partial charge in [0, 0.05) is 36.8 Å². The van der Waals surface area contributed by atoms with Crippen molar-refractivity contribution in [3.63, 3.8) is 0 Å². The maximum absolute atomic E-state index is 14.2. The Morgan fingerprint density at radius 1 is 0.933 bits per heavy atom. The quantitative estimate of drug-likeness (QED) is 0.686. The third-order valence-corrected chi connectivity index (χ3v) is 5.95. The smallest absolute Gasteiger partial charge is 0.278 e. The minimum atomic E-state index is -0.434. The highest BCUT2D eigenvalue weighted by atomic mass is 35.5. The standard InChI is InChI=1S/C23H23ClFN3O2/c1-2-26-11-13-27(14-12-26)21-20(16-7-9-18(24)10-8-16)22(29)28(23(21)30)15-17-5-3-4-6-19(17)25/h3-10H,2,11-15H2,1H3. The van der Waals surface area contributed by atoms with Crippen molar-refractivity contribution in [1.82, 2.24) is 14.7 Å². The number of rotatable bonds is 5. The fourth-order valence-electron chi connectivity index (χ4n) is 3.96. The first kappa shape index (κ1) is 20.6. The summed E-state index contributed by atoms with van der Waals surface area (Å²) in [4.78, 5) is 32.2. The summed E-state index contributed by atoms with van der Waals surface area (Å²) in [6, 6.07) is 13.1. The second kappa shape index (κ2) is 8.58. The highest BCUT2D eigenvalue weighted by Crippen LogP contribution is 2.33. The average Bonchev–Trinajstić information content (AvgIpc) is 3.00. The van der Waals surface area contributed by atoms with E-state index in [1.54, 1.807) is 42.5 Å². The van der Waals surface area contributed by atoms with Gasteiger partial charge in [-0.25, -0.2) is 4.39 Å². The summed E-state index contributed by atoms with van der Waals surface area (Å²) >= 11 is 6.02. The minimum absolute atomic E-state index is 0.0974. The lowest BCUT2D eigenvalue weighted by Gasteiger charge is -2.36. The summed E-state index contributed by atoms with van der Waals surface area (Å²) in [6.07, 6.45) is 0. The predicted octanol–water partition coefficient (Wildman–Crippen LogP) is 3.40. The number of hydrogen-bond donors (Lipinski definition) is 0. The zero-order valence-electron chi connectivity index (χ0n) is 16.8. The highest BCUT2D eigenvalue weighted by Gasteiger charge is 2.42. The molecular weight excluding hydrogens is 405 g/mol. The second-order valence-corrected chi connectivity index (χ2v) is 7.88. The predicted molar refractivity (Wildman–Crippen MR) is 114 cm³/mol. The fraction of sp³-hybridized carbons (Fsp3) is 0.304. The number of benzene rings is 2. The van der Waals surface area contributed by atoms with Crippen LogP contribution in [0.5, 0.6) is 0 Å². The molecule has 0 radical (unpaired) electrons. The number of carbonyl (C=O) groups is 2. The summed E-state index contributed by atoms with van der Waals surface area (Å²) in [5.41, 5.74) is 1.71. The van der Waals surface area contributed by atoms with E-state index in [-0.39, 0.29) is 12.5 Å². The second-order valence-electron chi connectivity index (χ2n) is 7.44. The molecule has 2 amide bonds. The van der Waals surface area contributed by atoms with Crippen molar-refractivity contribution in [1.29, 1.82) is 0 Å². The molecule has 1 fully saturated rings. The molecule has 0 atom stereocenters. The molecule has 156 valence electrons. The van der Waals surface area contributed by atoms with Crippen LogP contribution < -0.4 is 0 Å². The maximum Gasteiger partial charge on any atom is 0.278 e. The molecule has 2 aromatic rings. The molecule has 2 heterocycles. The Hall–Kier alpha value is -2.70. The van der Waals surface area contributed by atoms with Crippen LogP contribution in [0.25, 0.3) is 5.57 Å². The fourth-order valence-corrected chi connectivity index (χ4v) is 4.09.